The van der Waals surface area contributed by atoms with Gasteiger partial charge in [-0.2, -0.15) is 0 Å². The predicted molar refractivity (Wildman–Crippen MR) is 88.1 cm³/mol. The maximum atomic E-state index is 11.5. The Morgan fingerprint density at radius 2 is 1.95 bits per heavy atom. The summed E-state index contributed by atoms with van der Waals surface area (Å²) >= 11 is 1.73. The molecule has 5 N–H and O–H groups in total. The van der Waals surface area contributed by atoms with E-state index in [1.807, 2.05) is 6.92 Å². The van der Waals surface area contributed by atoms with Crippen molar-refractivity contribution in [3.05, 3.63) is 39.6 Å². The van der Waals surface area contributed by atoms with Crippen LogP contribution in [0.3, 0.4) is 0 Å². The van der Waals surface area contributed by atoms with Crippen LogP contribution in [0.15, 0.2) is 29.2 Å². The second-order valence-corrected chi connectivity index (χ2v) is 7.99. The Hall–Kier alpha value is -1.57. The van der Waals surface area contributed by atoms with Gasteiger partial charge < -0.3 is 11.1 Å². The zero-order valence-electron chi connectivity index (χ0n) is 12.2. The van der Waals surface area contributed by atoms with Crippen LogP contribution >= 0.6 is 11.3 Å². The van der Waals surface area contributed by atoms with Gasteiger partial charge in [0, 0.05) is 15.8 Å². The smallest absolute Gasteiger partial charge is 0.240 e. The van der Waals surface area contributed by atoms with Crippen molar-refractivity contribution >= 4 is 32.7 Å². The van der Waals surface area contributed by atoms with E-state index in [9.17, 15) is 8.42 Å². The van der Waals surface area contributed by atoms with Gasteiger partial charge in [0.2, 0.25) is 10.0 Å². The van der Waals surface area contributed by atoms with Gasteiger partial charge in [-0.05, 0) is 44.5 Å². The fraction of sp³-hybridized carbons (Fsp3) is 0.286. The molecule has 0 saturated heterocycles. The van der Waals surface area contributed by atoms with Crippen LogP contribution in [0.4, 0.5) is 11.4 Å². The van der Waals surface area contributed by atoms with Crippen LogP contribution in [-0.4, -0.2) is 8.42 Å². The first-order valence-corrected chi connectivity index (χ1v) is 8.81. The molecule has 5 nitrogen and oxygen atoms in total. The molecular formula is C14H19N3O2S2. The summed E-state index contributed by atoms with van der Waals surface area (Å²) in [6.07, 6.45) is 0. The number of nitrogen functional groups attached to an aromatic ring is 1. The Balaban J connectivity index is 2.34. The number of primary sulfonamides is 1. The zero-order valence-corrected chi connectivity index (χ0v) is 13.8. The van der Waals surface area contributed by atoms with E-state index in [0.29, 0.717) is 5.69 Å². The van der Waals surface area contributed by atoms with Gasteiger partial charge in [0.15, 0.2) is 0 Å². The number of aryl methyl sites for hydroxylation is 2. The number of nitrogens with one attached hydrogen (secondary N) is 1. The third-order valence-electron chi connectivity index (χ3n) is 3.29. The monoisotopic (exact) mass is 325 g/mol. The summed E-state index contributed by atoms with van der Waals surface area (Å²) in [6, 6.07) is 6.91. The largest absolute Gasteiger partial charge is 0.396 e. The molecule has 2 aromatic rings. The molecule has 114 valence electrons. The number of para-hydroxylation sites is 1. The van der Waals surface area contributed by atoms with Crippen molar-refractivity contribution in [3.8, 4) is 0 Å². The highest BCUT2D eigenvalue weighted by atomic mass is 32.2. The van der Waals surface area contributed by atoms with Crippen molar-refractivity contribution in [2.24, 2.45) is 5.14 Å². The molecule has 21 heavy (non-hydrogen) atoms. The number of hydrogen-bond acceptors (Lipinski definition) is 5. The van der Waals surface area contributed by atoms with E-state index in [1.165, 1.54) is 21.4 Å². The number of thiophene rings is 1. The number of anilines is 2. The number of hydrogen-bond donors (Lipinski definition) is 3. The summed E-state index contributed by atoms with van der Waals surface area (Å²) < 4.78 is 23.0. The summed E-state index contributed by atoms with van der Waals surface area (Å²) in [5.41, 5.74) is 7.82. The Bertz CT molecular complexity index is 767. The van der Waals surface area contributed by atoms with E-state index in [0.717, 1.165) is 0 Å². The molecule has 0 amide bonds. The lowest BCUT2D eigenvalue weighted by molar-refractivity contribution is 0.598. The molecule has 0 radical (unpaired) electrons. The molecule has 1 heterocycles. The lowest BCUT2D eigenvalue weighted by Crippen LogP contribution is -2.16. The first kappa shape index (κ1) is 15.8. The average Bonchev–Trinajstić information content (AvgIpc) is 2.69. The van der Waals surface area contributed by atoms with Gasteiger partial charge in [-0.15, -0.1) is 11.3 Å². The number of rotatable bonds is 4. The molecule has 0 aliphatic rings. The number of nitrogens with two attached hydrogens (primary N) is 2. The van der Waals surface area contributed by atoms with Crippen LogP contribution in [0.5, 0.6) is 0 Å². The third kappa shape index (κ3) is 3.37. The fourth-order valence-electron chi connectivity index (χ4n) is 2.31. The zero-order chi connectivity index (χ0) is 15.8. The van der Waals surface area contributed by atoms with Gasteiger partial charge in [-0.25, -0.2) is 13.6 Å². The molecule has 0 fully saturated rings. The molecule has 0 aliphatic carbocycles. The summed E-state index contributed by atoms with van der Waals surface area (Å²) in [6.45, 7) is 6.14. The van der Waals surface area contributed by atoms with E-state index < -0.39 is 10.0 Å². The Morgan fingerprint density at radius 1 is 1.29 bits per heavy atom. The summed E-state index contributed by atoms with van der Waals surface area (Å²) in [7, 11) is -3.82. The SMILES string of the molecule is Cc1cc(C(C)Nc2cccc(S(N)(=O)=O)c2N)c(C)s1. The molecule has 0 aliphatic heterocycles. The first-order chi connectivity index (χ1) is 9.70. The Morgan fingerprint density at radius 3 is 2.48 bits per heavy atom. The van der Waals surface area contributed by atoms with Crippen LogP contribution in [0.2, 0.25) is 0 Å². The van der Waals surface area contributed by atoms with Gasteiger partial charge in [-0.3, -0.25) is 0 Å². The number of sulfonamides is 1. The van der Waals surface area contributed by atoms with Crippen LogP contribution in [0.25, 0.3) is 0 Å². The van der Waals surface area contributed by atoms with E-state index >= 15 is 0 Å². The first-order valence-electron chi connectivity index (χ1n) is 6.45. The summed E-state index contributed by atoms with van der Waals surface area (Å²) in [4.78, 5) is 2.41. The molecule has 1 unspecified atom stereocenters. The Kier molecular flexibility index (Phi) is 4.27. The third-order valence-corrected chi connectivity index (χ3v) is 5.24. The lowest BCUT2D eigenvalue weighted by Gasteiger charge is -2.18. The normalized spacial score (nSPS) is 13.1. The quantitative estimate of drug-likeness (QED) is 0.753. The topological polar surface area (TPSA) is 98.2 Å². The molecule has 1 aromatic heterocycles. The second-order valence-electron chi connectivity index (χ2n) is 5.00. The fourth-order valence-corrected chi connectivity index (χ4v) is 4.02. The van der Waals surface area contributed by atoms with Gasteiger partial charge in [0.05, 0.1) is 11.4 Å². The van der Waals surface area contributed by atoms with Crippen LogP contribution < -0.4 is 16.2 Å². The van der Waals surface area contributed by atoms with E-state index in [4.69, 9.17) is 10.9 Å². The predicted octanol–water partition coefficient (Wildman–Crippen LogP) is 2.77. The minimum Gasteiger partial charge on any atom is -0.396 e. The van der Waals surface area contributed by atoms with Gasteiger partial charge in [0.1, 0.15) is 4.90 Å². The van der Waals surface area contributed by atoms with Crippen LogP contribution in [0, 0.1) is 13.8 Å². The maximum Gasteiger partial charge on any atom is 0.240 e. The Labute approximate surface area is 129 Å². The number of benzene rings is 1. The molecule has 7 heteroatoms. The highest BCUT2D eigenvalue weighted by Gasteiger charge is 2.17. The molecule has 0 spiro atoms. The van der Waals surface area contributed by atoms with Gasteiger partial charge in [0.25, 0.3) is 0 Å². The molecule has 2 rings (SSSR count). The van der Waals surface area contributed by atoms with Crippen molar-refractivity contribution in [1.82, 2.24) is 0 Å². The standard InChI is InChI=1S/C14H19N3O2S2/c1-8-7-11(10(3)20-8)9(2)17-12-5-4-6-13(14(12)15)21(16,18)19/h4-7,9,17H,15H2,1-3H3,(H2,16,18,19). The van der Waals surface area contributed by atoms with Gasteiger partial charge in [-0.1, -0.05) is 6.07 Å². The van der Waals surface area contributed by atoms with Crippen molar-refractivity contribution in [3.63, 3.8) is 0 Å². The summed E-state index contributed by atoms with van der Waals surface area (Å²) in [5, 5.41) is 8.42. The van der Waals surface area contributed by atoms with Crippen molar-refractivity contribution in [1.29, 1.82) is 0 Å². The van der Waals surface area contributed by atoms with Crippen LogP contribution in [0.1, 0.15) is 28.3 Å². The van der Waals surface area contributed by atoms with Crippen molar-refractivity contribution in [2.45, 2.75) is 31.7 Å². The van der Waals surface area contributed by atoms with Crippen molar-refractivity contribution in [2.75, 3.05) is 11.1 Å². The highest BCUT2D eigenvalue weighted by molar-refractivity contribution is 7.89. The van der Waals surface area contributed by atoms with E-state index in [1.54, 1.807) is 23.5 Å². The highest BCUT2D eigenvalue weighted by Crippen LogP contribution is 2.32. The molecule has 1 aromatic carbocycles. The molecule has 0 bridgehead atoms. The van der Waals surface area contributed by atoms with Crippen LogP contribution in [-0.2, 0) is 10.0 Å². The molecular weight excluding hydrogens is 306 g/mol. The minimum atomic E-state index is -3.82. The second kappa shape index (κ2) is 5.67. The average molecular weight is 325 g/mol. The van der Waals surface area contributed by atoms with E-state index in [2.05, 4.69) is 25.2 Å². The van der Waals surface area contributed by atoms with E-state index in [-0.39, 0.29) is 16.6 Å². The minimum absolute atomic E-state index is 0.0213. The molecule has 1 atom stereocenters. The maximum absolute atomic E-state index is 11.5. The lowest BCUT2D eigenvalue weighted by atomic mass is 10.1. The van der Waals surface area contributed by atoms with Crippen molar-refractivity contribution < 1.29 is 8.42 Å². The summed E-state index contributed by atoms with van der Waals surface area (Å²) in [5.74, 6) is 0. The van der Waals surface area contributed by atoms with Gasteiger partial charge >= 0.3 is 0 Å². The molecule has 0 saturated carbocycles.